The molecular weight excluding hydrogens is 292 g/mol. The normalized spacial score (nSPS) is 11.0. The van der Waals surface area contributed by atoms with Gasteiger partial charge in [0.1, 0.15) is 0 Å². The molecule has 0 aliphatic heterocycles. The number of carbonyl (C=O) groups is 1. The molecule has 0 aliphatic rings. The molecule has 0 atom stereocenters. The second-order valence-corrected chi connectivity index (χ2v) is 5.94. The van der Waals surface area contributed by atoms with E-state index in [1.165, 1.54) is 32.1 Å². The number of rotatable bonds is 10. The van der Waals surface area contributed by atoms with Gasteiger partial charge in [-0.15, -0.1) is 0 Å². The van der Waals surface area contributed by atoms with Gasteiger partial charge in [-0.05, 0) is 25.5 Å². The highest BCUT2D eigenvalue weighted by molar-refractivity contribution is 5.86. The molecule has 0 saturated heterocycles. The van der Waals surface area contributed by atoms with Crippen LogP contribution >= 0.6 is 0 Å². The molecule has 0 saturated carbocycles. The molecule has 0 radical (unpaired) electrons. The molecule has 0 spiro atoms. The Bertz CT molecular complexity index is 649. The number of hydrogen-bond donors (Lipinski definition) is 1. The van der Waals surface area contributed by atoms with E-state index in [2.05, 4.69) is 23.4 Å². The lowest BCUT2D eigenvalue weighted by molar-refractivity contribution is -0.139. The lowest BCUT2D eigenvalue weighted by atomic mass is 10.1. The van der Waals surface area contributed by atoms with Crippen LogP contribution in [-0.4, -0.2) is 27.2 Å². The first-order valence-electron chi connectivity index (χ1n) is 8.43. The number of ether oxygens (including phenoxy) is 1. The average molecular weight is 318 g/mol. The second kappa shape index (κ2) is 8.56. The number of carboxylic acids is 1. The quantitative estimate of drug-likeness (QED) is 0.668. The summed E-state index contributed by atoms with van der Waals surface area (Å²) in [6.07, 6.45) is 9.28. The Balaban J connectivity index is 2.04. The van der Waals surface area contributed by atoms with Gasteiger partial charge in [0.05, 0.1) is 10.9 Å². The third kappa shape index (κ3) is 4.71. The lowest BCUT2D eigenvalue weighted by Gasteiger charge is -2.09. The van der Waals surface area contributed by atoms with Crippen LogP contribution in [0.15, 0.2) is 18.3 Å². The van der Waals surface area contributed by atoms with Crippen LogP contribution in [0.5, 0.6) is 5.88 Å². The van der Waals surface area contributed by atoms with E-state index in [9.17, 15) is 4.79 Å². The SMILES string of the molecule is CCCCCCCCn1c(C)cc2c(OCC(=O)O)nccc21. The van der Waals surface area contributed by atoms with Crippen LogP contribution in [0, 0.1) is 6.92 Å². The highest BCUT2D eigenvalue weighted by atomic mass is 16.5. The fraction of sp³-hybridized carbons (Fsp3) is 0.556. The molecule has 2 aromatic heterocycles. The molecule has 0 unspecified atom stereocenters. The fourth-order valence-corrected chi connectivity index (χ4v) is 2.88. The Morgan fingerprint density at radius 3 is 2.74 bits per heavy atom. The molecule has 0 aliphatic carbocycles. The highest BCUT2D eigenvalue weighted by Gasteiger charge is 2.12. The fourth-order valence-electron chi connectivity index (χ4n) is 2.88. The number of nitrogens with zero attached hydrogens (tertiary/aromatic N) is 2. The van der Waals surface area contributed by atoms with Gasteiger partial charge >= 0.3 is 5.97 Å². The van der Waals surface area contributed by atoms with Crippen LogP contribution < -0.4 is 4.74 Å². The average Bonchev–Trinajstić information content (AvgIpc) is 2.85. The Morgan fingerprint density at radius 1 is 1.26 bits per heavy atom. The maximum atomic E-state index is 10.7. The zero-order chi connectivity index (χ0) is 16.7. The number of pyridine rings is 1. The summed E-state index contributed by atoms with van der Waals surface area (Å²) in [6.45, 7) is 4.91. The van der Waals surface area contributed by atoms with Crippen LogP contribution in [0.3, 0.4) is 0 Å². The molecule has 0 amide bonds. The molecule has 0 aromatic carbocycles. The predicted octanol–water partition coefficient (Wildman–Crippen LogP) is 4.17. The van der Waals surface area contributed by atoms with E-state index < -0.39 is 5.97 Å². The van der Waals surface area contributed by atoms with Crippen LogP contribution in [0.25, 0.3) is 10.9 Å². The summed E-state index contributed by atoms with van der Waals surface area (Å²) in [6, 6.07) is 3.99. The monoisotopic (exact) mass is 318 g/mol. The zero-order valence-corrected chi connectivity index (χ0v) is 14.0. The first-order chi connectivity index (χ1) is 11.1. The van der Waals surface area contributed by atoms with E-state index in [0.29, 0.717) is 5.88 Å². The maximum Gasteiger partial charge on any atom is 0.341 e. The van der Waals surface area contributed by atoms with Gasteiger partial charge in [-0.25, -0.2) is 9.78 Å². The van der Waals surface area contributed by atoms with Crippen molar-refractivity contribution >= 4 is 16.9 Å². The van der Waals surface area contributed by atoms with E-state index in [4.69, 9.17) is 9.84 Å². The van der Waals surface area contributed by atoms with Crippen LogP contribution in [0.4, 0.5) is 0 Å². The van der Waals surface area contributed by atoms with Crippen LogP contribution in [-0.2, 0) is 11.3 Å². The van der Waals surface area contributed by atoms with Crippen LogP contribution in [0.2, 0.25) is 0 Å². The third-order valence-corrected chi connectivity index (χ3v) is 4.07. The predicted molar refractivity (Wildman–Crippen MR) is 91.0 cm³/mol. The molecule has 5 nitrogen and oxygen atoms in total. The largest absolute Gasteiger partial charge is 0.479 e. The second-order valence-electron chi connectivity index (χ2n) is 5.94. The van der Waals surface area contributed by atoms with E-state index >= 15 is 0 Å². The van der Waals surface area contributed by atoms with Crippen molar-refractivity contribution in [1.29, 1.82) is 0 Å². The first-order valence-corrected chi connectivity index (χ1v) is 8.43. The summed E-state index contributed by atoms with van der Waals surface area (Å²) in [4.78, 5) is 14.8. The third-order valence-electron chi connectivity index (χ3n) is 4.07. The number of aryl methyl sites for hydroxylation is 2. The number of aromatic nitrogens is 2. The molecule has 1 N–H and O–H groups in total. The summed E-state index contributed by atoms with van der Waals surface area (Å²) in [5.41, 5.74) is 2.22. The summed E-state index contributed by atoms with van der Waals surface area (Å²) >= 11 is 0. The van der Waals surface area contributed by atoms with E-state index in [1.54, 1.807) is 6.20 Å². The molecule has 2 aromatic rings. The number of fused-ring (bicyclic) bond motifs is 1. The van der Waals surface area contributed by atoms with Crippen molar-refractivity contribution in [2.75, 3.05) is 6.61 Å². The molecule has 126 valence electrons. The number of hydrogen-bond acceptors (Lipinski definition) is 3. The van der Waals surface area contributed by atoms with Gasteiger partial charge in [0.15, 0.2) is 6.61 Å². The van der Waals surface area contributed by atoms with E-state index in [-0.39, 0.29) is 6.61 Å². The Labute approximate surface area is 137 Å². The molecule has 23 heavy (non-hydrogen) atoms. The van der Waals surface area contributed by atoms with Gasteiger partial charge < -0.3 is 14.4 Å². The molecular formula is C18H26N2O3. The maximum absolute atomic E-state index is 10.7. The van der Waals surface area contributed by atoms with Gasteiger partial charge in [0, 0.05) is 18.4 Å². The smallest absolute Gasteiger partial charge is 0.341 e. The molecule has 2 rings (SSSR count). The highest BCUT2D eigenvalue weighted by Crippen LogP contribution is 2.27. The van der Waals surface area contributed by atoms with Gasteiger partial charge in [0.25, 0.3) is 0 Å². The minimum Gasteiger partial charge on any atom is -0.479 e. The minimum absolute atomic E-state index is 0.367. The van der Waals surface area contributed by atoms with Crippen molar-refractivity contribution in [3.8, 4) is 5.88 Å². The number of carboxylic acid groups (broad SMARTS) is 1. The Morgan fingerprint density at radius 2 is 2.00 bits per heavy atom. The van der Waals surface area contributed by atoms with Crippen molar-refractivity contribution in [2.45, 2.75) is 58.9 Å². The van der Waals surface area contributed by atoms with E-state index in [0.717, 1.165) is 29.6 Å². The molecule has 2 heterocycles. The molecule has 0 bridgehead atoms. The van der Waals surface area contributed by atoms with Crippen molar-refractivity contribution in [3.63, 3.8) is 0 Å². The standard InChI is InChI=1S/C18H26N2O3/c1-3-4-5-6-7-8-11-20-14(2)12-15-16(20)9-10-19-18(15)23-13-17(21)22/h9-10,12H,3-8,11,13H2,1-2H3,(H,21,22). The Kier molecular flexibility index (Phi) is 6.44. The number of aliphatic carboxylic acids is 1. The van der Waals surface area contributed by atoms with Crippen LogP contribution in [0.1, 0.15) is 51.1 Å². The van der Waals surface area contributed by atoms with Crippen molar-refractivity contribution < 1.29 is 14.6 Å². The van der Waals surface area contributed by atoms with Gasteiger partial charge in [-0.3, -0.25) is 0 Å². The number of unbranched alkanes of at least 4 members (excludes halogenated alkanes) is 5. The zero-order valence-electron chi connectivity index (χ0n) is 14.0. The van der Waals surface area contributed by atoms with Crippen molar-refractivity contribution in [3.05, 3.63) is 24.0 Å². The summed E-state index contributed by atoms with van der Waals surface area (Å²) in [5.74, 6) is -0.596. The molecule has 0 fully saturated rings. The minimum atomic E-state index is -0.993. The Hall–Kier alpha value is -2.04. The lowest BCUT2D eigenvalue weighted by Crippen LogP contribution is -2.10. The van der Waals surface area contributed by atoms with E-state index in [1.807, 2.05) is 12.1 Å². The first kappa shape index (κ1) is 17.3. The van der Waals surface area contributed by atoms with Crippen molar-refractivity contribution in [2.24, 2.45) is 0 Å². The van der Waals surface area contributed by atoms with Gasteiger partial charge in [-0.1, -0.05) is 39.0 Å². The summed E-state index contributed by atoms with van der Waals surface area (Å²) in [5, 5.41) is 9.64. The van der Waals surface area contributed by atoms with Gasteiger partial charge in [0.2, 0.25) is 5.88 Å². The summed E-state index contributed by atoms with van der Waals surface area (Å²) < 4.78 is 7.56. The molecule has 5 heteroatoms. The summed E-state index contributed by atoms with van der Waals surface area (Å²) in [7, 11) is 0. The topological polar surface area (TPSA) is 64.3 Å². The van der Waals surface area contributed by atoms with Gasteiger partial charge in [-0.2, -0.15) is 0 Å². The van der Waals surface area contributed by atoms with Crippen molar-refractivity contribution in [1.82, 2.24) is 9.55 Å².